The number of hydrogen-bond acceptors (Lipinski definition) is 2. The lowest BCUT2D eigenvalue weighted by Gasteiger charge is -2.29. The summed E-state index contributed by atoms with van der Waals surface area (Å²) in [6.07, 6.45) is 9.15. The molecule has 1 saturated carbocycles. The molecule has 1 aliphatic rings. The van der Waals surface area contributed by atoms with E-state index in [9.17, 15) is 0 Å². The van der Waals surface area contributed by atoms with Crippen LogP contribution in [0, 0.1) is 12.8 Å². The fourth-order valence-electron chi connectivity index (χ4n) is 2.86. The van der Waals surface area contributed by atoms with Gasteiger partial charge >= 0.3 is 0 Å². The van der Waals surface area contributed by atoms with Gasteiger partial charge in [-0.1, -0.05) is 19.3 Å². The Morgan fingerprint density at radius 1 is 1.38 bits per heavy atom. The van der Waals surface area contributed by atoms with Crippen LogP contribution in [0.2, 0.25) is 0 Å². The lowest BCUT2D eigenvalue weighted by Crippen LogP contribution is -2.20. The molecule has 1 unspecified atom stereocenters. The minimum Gasteiger partial charge on any atom is -0.359 e. The van der Waals surface area contributed by atoms with Gasteiger partial charge in [0.05, 0.1) is 5.69 Å². The highest BCUT2D eigenvalue weighted by atomic mass is 15.2. The zero-order valence-corrected chi connectivity index (χ0v) is 10.7. The van der Waals surface area contributed by atoms with Gasteiger partial charge < -0.3 is 9.88 Å². The Balaban J connectivity index is 2.14. The monoisotopic (exact) mass is 221 g/mol. The van der Waals surface area contributed by atoms with Crippen LogP contribution < -0.4 is 5.32 Å². The van der Waals surface area contributed by atoms with Crippen LogP contribution in [0.15, 0.2) is 6.20 Å². The molecule has 3 heteroatoms. The van der Waals surface area contributed by atoms with Gasteiger partial charge in [-0.15, -0.1) is 0 Å². The number of aryl methyl sites for hydroxylation is 1. The molecule has 1 atom stereocenters. The number of imidazole rings is 1. The normalized spacial score (nSPS) is 19.7. The van der Waals surface area contributed by atoms with Gasteiger partial charge in [0.15, 0.2) is 0 Å². The van der Waals surface area contributed by atoms with Gasteiger partial charge in [0.1, 0.15) is 0 Å². The van der Waals surface area contributed by atoms with Crippen molar-refractivity contribution < 1.29 is 0 Å². The van der Waals surface area contributed by atoms with Crippen molar-refractivity contribution in [2.24, 2.45) is 5.92 Å². The Morgan fingerprint density at radius 3 is 2.69 bits per heavy atom. The highest BCUT2D eigenvalue weighted by Crippen LogP contribution is 2.34. The van der Waals surface area contributed by atoms with E-state index in [4.69, 9.17) is 0 Å². The first kappa shape index (κ1) is 11.5. The predicted octanol–water partition coefficient (Wildman–Crippen LogP) is 3.37. The molecule has 0 aliphatic heterocycles. The molecule has 0 amide bonds. The van der Waals surface area contributed by atoms with Crippen molar-refractivity contribution in [2.75, 3.05) is 12.4 Å². The summed E-state index contributed by atoms with van der Waals surface area (Å²) in [5, 5.41) is 3.19. The van der Waals surface area contributed by atoms with Crippen molar-refractivity contribution in [3.63, 3.8) is 0 Å². The molecule has 90 valence electrons. The van der Waals surface area contributed by atoms with Crippen molar-refractivity contribution in [3.8, 4) is 0 Å². The maximum Gasteiger partial charge on any atom is 0.203 e. The number of anilines is 1. The molecule has 0 saturated heterocycles. The standard InChI is InChI=1S/C13H23N3/c1-10-9-16(13(14-3)15-10)11(2)12-7-5-4-6-8-12/h9,11-12H,4-8H2,1-3H3,(H,14,15). The highest BCUT2D eigenvalue weighted by molar-refractivity contribution is 5.28. The molecule has 3 nitrogen and oxygen atoms in total. The fourth-order valence-corrected chi connectivity index (χ4v) is 2.86. The van der Waals surface area contributed by atoms with Crippen LogP contribution in [0.5, 0.6) is 0 Å². The summed E-state index contributed by atoms with van der Waals surface area (Å²) in [5.74, 6) is 1.84. The van der Waals surface area contributed by atoms with Crippen LogP contribution in [-0.2, 0) is 0 Å². The van der Waals surface area contributed by atoms with Crippen molar-refractivity contribution >= 4 is 5.95 Å². The molecule has 2 rings (SSSR count). The third kappa shape index (κ3) is 2.23. The molecule has 0 aromatic carbocycles. The Labute approximate surface area is 98.3 Å². The molecule has 0 bridgehead atoms. The smallest absolute Gasteiger partial charge is 0.203 e. The average molecular weight is 221 g/mol. The first-order valence-electron chi connectivity index (χ1n) is 6.45. The van der Waals surface area contributed by atoms with Crippen LogP contribution in [0.25, 0.3) is 0 Å². The van der Waals surface area contributed by atoms with E-state index >= 15 is 0 Å². The second kappa shape index (κ2) is 4.89. The van der Waals surface area contributed by atoms with Gasteiger partial charge in [0.2, 0.25) is 5.95 Å². The van der Waals surface area contributed by atoms with Gasteiger partial charge in [-0.05, 0) is 32.6 Å². The third-order valence-electron chi connectivity index (χ3n) is 3.85. The number of rotatable bonds is 3. The summed E-state index contributed by atoms with van der Waals surface area (Å²) in [6.45, 7) is 4.39. The van der Waals surface area contributed by atoms with Crippen LogP contribution in [0.1, 0.15) is 50.8 Å². The zero-order valence-electron chi connectivity index (χ0n) is 10.7. The number of aromatic nitrogens is 2. The van der Waals surface area contributed by atoms with Gasteiger partial charge in [0.25, 0.3) is 0 Å². The van der Waals surface area contributed by atoms with Gasteiger partial charge in [0, 0.05) is 19.3 Å². The minimum absolute atomic E-state index is 0.573. The van der Waals surface area contributed by atoms with Crippen LogP contribution in [-0.4, -0.2) is 16.6 Å². The predicted molar refractivity (Wildman–Crippen MR) is 67.8 cm³/mol. The van der Waals surface area contributed by atoms with E-state index in [0.717, 1.165) is 17.6 Å². The first-order chi connectivity index (χ1) is 7.72. The summed E-state index contributed by atoms with van der Waals surface area (Å²) in [4.78, 5) is 4.50. The highest BCUT2D eigenvalue weighted by Gasteiger charge is 2.22. The lowest BCUT2D eigenvalue weighted by molar-refractivity contribution is 0.265. The van der Waals surface area contributed by atoms with E-state index in [1.54, 1.807) is 0 Å². The average Bonchev–Trinajstić information content (AvgIpc) is 2.70. The summed E-state index contributed by atoms with van der Waals surface area (Å²) >= 11 is 0. The number of hydrogen-bond donors (Lipinski definition) is 1. The molecule has 1 aromatic heterocycles. The van der Waals surface area contributed by atoms with Crippen LogP contribution in [0.4, 0.5) is 5.95 Å². The topological polar surface area (TPSA) is 29.9 Å². The fraction of sp³-hybridized carbons (Fsp3) is 0.769. The van der Waals surface area contributed by atoms with Crippen molar-refractivity contribution in [1.82, 2.24) is 9.55 Å². The van der Waals surface area contributed by atoms with Gasteiger partial charge in [-0.3, -0.25) is 0 Å². The van der Waals surface area contributed by atoms with Crippen molar-refractivity contribution in [3.05, 3.63) is 11.9 Å². The zero-order chi connectivity index (χ0) is 11.5. The molecule has 0 spiro atoms. The quantitative estimate of drug-likeness (QED) is 0.848. The summed E-state index contributed by atoms with van der Waals surface area (Å²) < 4.78 is 2.31. The Kier molecular flexibility index (Phi) is 3.52. The summed E-state index contributed by atoms with van der Waals surface area (Å²) in [7, 11) is 1.95. The van der Waals surface area contributed by atoms with E-state index in [2.05, 4.69) is 34.9 Å². The van der Waals surface area contributed by atoms with Crippen LogP contribution >= 0.6 is 0 Å². The first-order valence-corrected chi connectivity index (χ1v) is 6.45. The van der Waals surface area contributed by atoms with Gasteiger partial charge in [-0.2, -0.15) is 0 Å². The van der Waals surface area contributed by atoms with E-state index in [-0.39, 0.29) is 0 Å². The second-order valence-electron chi connectivity index (χ2n) is 5.00. The molecule has 1 fully saturated rings. The maximum absolute atomic E-state index is 4.50. The van der Waals surface area contributed by atoms with E-state index in [1.807, 2.05) is 7.05 Å². The molecule has 1 aliphatic carbocycles. The van der Waals surface area contributed by atoms with E-state index in [1.165, 1.54) is 32.1 Å². The van der Waals surface area contributed by atoms with Gasteiger partial charge in [-0.25, -0.2) is 4.98 Å². The molecule has 1 aromatic rings. The third-order valence-corrected chi connectivity index (χ3v) is 3.85. The molecular weight excluding hydrogens is 198 g/mol. The molecule has 1 heterocycles. The summed E-state index contributed by atoms with van der Waals surface area (Å²) in [5.41, 5.74) is 1.10. The number of nitrogens with zero attached hydrogens (tertiary/aromatic N) is 2. The van der Waals surface area contributed by atoms with Crippen molar-refractivity contribution in [1.29, 1.82) is 0 Å². The van der Waals surface area contributed by atoms with E-state index in [0.29, 0.717) is 6.04 Å². The number of nitrogens with one attached hydrogen (secondary N) is 1. The molecule has 1 N–H and O–H groups in total. The van der Waals surface area contributed by atoms with Crippen molar-refractivity contribution in [2.45, 2.75) is 52.0 Å². The lowest BCUT2D eigenvalue weighted by atomic mass is 9.84. The molecule has 16 heavy (non-hydrogen) atoms. The Bertz CT molecular complexity index is 337. The Morgan fingerprint density at radius 2 is 2.06 bits per heavy atom. The summed E-state index contributed by atoms with van der Waals surface area (Å²) in [6, 6.07) is 0.573. The SMILES string of the molecule is CNc1nc(C)cn1C(C)C1CCCCC1. The minimum atomic E-state index is 0.573. The maximum atomic E-state index is 4.50. The second-order valence-corrected chi connectivity index (χ2v) is 5.00. The Hall–Kier alpha value is -0.990. The molecular formula is C13H23N3. The largest absolute Gasteiger partial charge is 0.359 e. The molecule has 0 radical (unpaired) electrons. The van der Waals surface area contributed by atoms with E-state index < -0.39 is 0 Å². The van der Waals surface area contributed by atoms with Crippen LogP contribution in [0.3, 0.4) is 0 Å².